The zero-order chi connectivity index (χ0) is 20.7. The Hall–Kier alpha value is -2.85. The number of carbonyl (C=O) groups is 1. The highest BCUT2D eigenvalue weighted by molar-refractivity contribution is 6.30. The lowest BCUT2D eigenvalue weighted by atomic mass is 10.0. The normalized spacial score (nSPS) is 12.8. The first-order valence-electron chi connectivity index (χ1n) is 9.57. The Labute approximate surface area is 176 Å². The van der Waals surface area contributed by atoms with Crippen molar-refractivity contribution in [3.8, 4) is 5.75 Å². The molecule has 5 heteroatoms. The maximum atomic E-state index is 12.2. The van der Waals surface area contributed by atoms with E-state index in [9.17, 15) is 4.79 Å². The van der Waals surface area contributed by atoms with Gasteiger partial charge in [0.2, 0.25) is 0 Å². The van der Waals surface area contributed by atoms with Gasteiger partial charge in [-0.05, 0) is 67.3 Å². The van der Waals surface area contributed by atoms with E-state index in [1.165, 1.54) is 17.3 Å². The fourth-order valence-corrected chi connectivity index (χ4v) is 2.91. The Morgan fingerprint density at radius 3 is 2.28 bits per heavy atom. The predicted octanol–water partition coefficient (Wildman–Crippen LogP) is 5.73. The van der Waals surface area contributed by atoms with E-state index in [-0.39, 0.29) is 6.61 Å². The molecule has 1 atom stereocenters. The van der Waals surface area contributed by atoms with Gasteiger partial charge in [-0.25, -0.2) is 4.79 Å². The second-order valence-electron chi connectivity index (χ2n) is 7.17. The number of halogens is 1. The highest BCUT2D eigenvalue weighted by Gasteiger charge is 2.27. The van der Waals surface area contributed by atoms with Gasteiger partial charge in [0.25, 0.3) is 0 Å². The highest BCUT2D eigenvalue weighted by atomic mass is 35.5. The number of hydrogen-bond acceptors (Lipinski definition) is 4. The van der Waals surface area contributed by atoms with Gasteiger partial charge in [0, 0.05) is 17.4 Å². The molecule has 0 aliphatic rings. The van der Waals surface area contributed by atoms with Crippen LogP contribution in [0.2, 0.25) is 5.02 Å². The van der Waals surface area contributed by atoms with E-state index in [1.54, 1.807) is 18.3 Å². The van der Waals surface area contributed by atoms with Crippen molar-refractivity contribution < 1.29 is 14.3 Å². The molecule has 0 saturated carbocycles. The number of benzene rings is 2. The van der Waals surface area contributed by atoms with Crippen LogP contribution in [-0.4, -0.2) is 23.2 Å². The molecule has 1 unspecified atom stereocenters. The van der Waals surface area contributed by atoms with Crippen molar-refractivity contribution in [1.29, 1.82) is 0 Å². The molecule has 2 aromatic carbocycles. The second kappa shape index (κ2) is 9.57. The summed E-state index contributed by atoms with van der Waals surface area (Å²) >= 11 is 5.94. The first kappa shape index (κ1) is 20.9. The summed E-state index contributed by atoms with van der Waals surface area (Å²) in [6.07, 6.45) is 4.63. The first-order valence-corrected chi connectivity index (χ1v) is 9.95. The number of nitrogens with zero attached hydrogens (tertiary/aromatic N) is 1. The minimum atomic E-state index is -0.616. The van der Waals surface area contributed by atoms with Crippen molar-refractivity contribution in [2.45, 2.75) is 32.3 Å². The van der Waals surface area contributed by atoms with E-state index in [0.29, 0.717) is 12.0 Å². The van der Waals surface area contributed by atoms with Gasteiger partial charge in [-0.15, -0.1) is 0 Å². The van der Waals surface area contributed by atoms with Gasteiger partial charge < -0.3 is 9.47 Å². The smallest absolute Gasteiger partial charge is 0.339 e. The molecule has 3 rings (SSSR count). The second-order valence-corrected chi connectivity index (χ2v) is 7.61. The van der Waals surface area contributed by atoms with E-state index >= 15 is 0 Å². The SMILES string of the molecule is CCC(C)(COC(=O)c1cccnc1)Oc1ccc(Cc2ccc(Cl)cc2)cc1. The molecule has 1 heterocycles. The lowest BCUT2D eigenvalue weighted by molar-refractivity contribution is -0.00757. The lowest BCUT2D eigenvalue weighted by Crippen LogP contribution is -2.38. The molecule has 0 fully saturated rings. The molecule has 150 valence electrons. The van der Waals surface area contributed by atoms with Crippen molar-refractivity contribution in [2.75, 3.05) is 6.61 Å². The standard InChI is InChI=1S/C24H24ClNO3/c1-3-24(2,17-28-23(27)20-5-4-14-26-16-20)29-22-12-8-19(9-13-22)15-18-6-10-21(25)11-7-18/h4-14,16H,3,15,17H2,1-2H3. The van der Waals surface area contributed by atoms with Gasteiger partial charge in [0.1, 0.15) is 18.0 Å². The third-order valence-electron chi connectivity index (χ3n) is 4.76. The van der Waals surface area contributed by atoms with E-state index in [2.05, 4.69) is 4.98 Å². The Bertz CT molecular complexity index is 927. The average Bonchev–Trinajstić information content (AvgIpc) is 2.76. The van der Waals surface area contributed by atoms with Crippen LogP contribution in [0.25, 0.3) is 0 Å². The zero-order valence-electron chi connectivity index (χ0n) is 16.6. The van der Waals surface area contributed by atoms with Gasteiger partial charge >= 0.3 is 5.97 Å². The van der Waals surface area contributed by atoms with Gasteiger partial charge in [0.05, 0.1) is 5.56 Å². The van der Waals surface area contributed by atoms with E-state index in [0.717, 1.165) is 17.2 Å². The monoisotopic (exact) mass is 409 g/mol. The maximum Gasteiger partial charge on any atom is 0.339 e. The Morgan fingerprint density at radius 2 is 1.69 bits per heavy atom. The van der Waals surface area contributed by atoms with Crippen LogP contribution in [0.3, 0.4) is 0 Å². The van der Waals surface area contributed by atoms with E-state index in [1.807, 2.05) is 62.4 Å². The Morgan fingerprint density at radius 1 is 1.03 bits per heavy atom. The average molecular weight is 410 g/mol. The topological polar surface area (TPSA) is 48.4 Å². The summed E-state index contributed by atoms with van der Waals surface area (Å²) in [5.41, 5.74) is 2.19. The Kier molecular flexibility index (Phi) is 6.89. The molecule has 0 saturated heterocycles. The maximum absolute atomic E-state index is 12.2. The van der Waals surface area contributed by atoms with Crippen LogP contribution < -0.4 is 4.74 Å². The highest BCUT2D eigenvalue weighted by Crippen LogP contribution is 2.24. The fourth-order valence-electron chi connectivity index (χ4n) is 2.79. The van der Waals surface area contributed by atoms with Gasteiger partial charge in [-0.1, -0.05) is 42.8 Å². The number of hydrogen-bond donors (Lipinski definition) is 0. The number of carbonyl (C=O) groups excluding carboxylic acids is 1. The minimum Gasteiger partial charge on any atom is -0.484 e. The summed E-state index contributed by atoms with van der Waals surface area (Å²) in [5, 5.41) is 0.737. The molecule has 0 spiro atoms. The number of rotatable bonds is 8. The molecular formula is C24H24ClNO3. The molecule has 0 N–H and O–H groups in total. The van der Waals surface area contributed by atoms with Crippen LogP contribution in [0.15, 0.2) is 73.1 Å². The Balaban J connectivity index is 1.59. The lowest BCUT2D eigenvalue weighted by Gasteiger charge is -2.29. The molecule has 4 nitrogen and oxygen atoms in total. The molecule has 0 amide bonds. The summed E-state index contributed by atoms with van der Waals surface area (Å²) in [6, 6.07) is 19.2. The molecule has 29 heavy (non-hydrogen) atoms. The van der Waals surface area contributed by atoms with Crippen molar-refractivity contribution in [3.63, 3.8) is 0 Å². The van der Waals surface area contributed by atoms with Crippen LogP contribution in [0, 0.1) is 0 Å². The summed E-state index contributed by atoms with van der Waals surface area (Å²) in [7, 11) is 0. The number of aromatic nitrogens is 1. The third-order valence-corrected chi connectivity index (χ3v) is 5.01. The van der Waals surface area contributed by atoms with Gasteiger partial charge in [0.15, 0.2) is 0 Å². The fraction of sp³-hybridized carbons (Fsp3) is 0.250. The van der Waals surface area contributed by atoms with Crippen molar-refractivity contribution in [2.24, 2.45) is 0 Å². The van der Waals surface area contributed by atoms with Gasteiger partial charge in [-0.2, -0.15) is 0 Å². The number of esters is 1. The van der Waals surface area contributed by atoms with Gasteiger partial charge in [-0.3, -0.25) is 4.98 Å². The molecule has 0 aliphatic heterocycles. The summed E-state index contributed by atoms with van der Waals surface area (Å²) in [6.45, 7) is 4.10. The first-order chi connectivity index (χ1) is 14.0. The van der Waals surface area contributed by atoms with Crippen molar-refractivity contribution in [3.05, 3.63) is 94.8 Å². The van der Waals surface area contributed by atoms with Crippen LogP contribution in [-0.2, 0) is 11.2 Å². The molecule has 0 radical (unpaired) electrons. The molecule has 0 bridgehead atoms. The number of pyridine rings is 1. The molecule has 3 aromatic rings. The van der Waals surface area contributed by atoms with Crippen LogP contribution in [0.1, 0.15) is 41.8 Å². The van der Waals surface area contributed by atoms with Crippen molar-refractivity contribution >= 4 is 17.6 Å². The quantitative estimate of drug-likeness (QED) is 0.446. The van der Waals surface area contributed by atoms with E-state index in [4.69, 9.17) is 21.1 Å². The molecule has 0 aliphatic carbocycles. The summed E-state index contributed by atoms with van der Waals surface area (Å²) in [5.74, 6) is 0.339. The molecule has 1 aromatic heterocycles. The number of ether oxygens (including phenoxy) is 2. The predicted molar refractivity (Wildman–Crippen MR) is 115 cm³/mol. The minimum absolute atomic E-state index is 0.157. The third kappa shape index (κ3) is 6.06. The molecular weight excluding hydrogens is 386 g/mol. The van der Waals surface area contributed by atoms with Crippen LogP contribution in [0.4, 0.5) is 0 Å². The van der Waals surface area contributed by atoms with Crippen LogP contribution in [0.5, 0.6) is 5.75 Å². The summed E-state index contributed by atoms with van der Waals surface area (Å²) in [4.78, 5) is 16.1. The van der Waals surface area contributed by atoms with Crippen molar-refractivity contribution in [1.82, 2.24) is 4.98 Å². The van der Waals surface area contributed by atoms with Crippen LogP contribution >= 0.6 is 11.6 Å². The largest absolute Gasteiger partial charge is 0.484 e. The summed E-state index contributed by atoms with van der Waals surface area (Å²) < 4.78 is 11.6. The van der Waals surface area contributed by atoms with E-state index < -0.39 is 11.6 Å². The zero-order valence-corrected chi connectivity index (χ0v) is 17.4.